The van der Waals surface area contributed by atoms with Crippen molar-refractivity contribution in [2.75, 3.05) is 6.54 Å². The van der Waals surface area contributed by atoms with E-state index in [1.807, 2.05) is 12.3 Å². The number of aromatic nitrogens is 1. The van der Waals surface area contributed by atoms with E-state index in [-0.39, 0.29) is 0 Å². The average molecular weight is 230 g/mol. The number of unbranched alkanes of at least 4 members (excludes halogenated alkanes) is 1. The molecule has 1 heterocycles. The van der Waals surface area contributed by atoms with Gasteiger partial charge in [-0.3, -0.25) is 4.98 Å². The summed E-state index contributed by atoms with van der Waals surface area (Å²) in [4.78, 5) is 4.50. The highest BCUT2D eigenvalue weighted by molar-refractivity contribution is 5.21. The third kappa shape index (κ3) is 4.58. The Morgan fingerprint density at radius 1 is 1.53 bits per heavy atom. The maximum atomic E-state index is 5.30. The summed E-state index contributed by atoms with van der Waals surface area (Å²) in [6.45, 7) is 5.32. The zero-order valence-electron chi connectivity index (χ0n) is 10.9. The number of nitrogens with one attached hydrogen (secondary N) is 1. The molecule has 0 saturated heterocycles. The number of hydrogen-bond donors (Lipinski definition) is 1. The molecule has 0 aromatic carbocycles. The lowest BCUT2D eigenvalue weighted by Gasteiger charge is -2.19. The fourth-order valence-electron chi connectivity index (χ4n) is 1.92. The molecule has 2 nitrogen and oxygen atoms in total. The summed E-state index contributed by atoms with van der Waals surface area (Å²) in [5, 5.41) is 3.55. The van der Waals surface area contributed by atoms with Gasteiger partial charge in [-0.05, 0) is 44.4 Å². The van der Waals surface area contributed by atoms with Gasteiger partial charge >= 0.3 is 0 Å². The largest absolute Gasteiger partial charge is 0.309 e. The normalized spacial score (nSPS) is 12.1. The predicted molar refractivity (Wildman–Crippen MR) is 72.7 cm³/mol. The van der Waals surface area contributed by atoms with Crippen LogP contribution in [0.15, 0.2) is 18.3 Å². The lowest BCUT2D eigenvalue weighted by Crippen LogP contribution is -2.23. The number of rotatable bonds is 7. The molecule has 0 fully saturated rings. The van der Waals surface area contributed by atoms with E-state index in [0.29, 0.717) is 6.04 Å². The molecule has 0 radical (unpaired) electrons. The van der Waals surface area contributed by atoms with Gasteiger partial charge in [0, 0.05) is 18.7 Å². The Hall–Kier alpha value is -1.33. The van der Waals surface area contributed by atoms with Gasteiger partial charge in [0.25, 0.3) is 0 Å². The first kappa shape index (κ1) is 13.7. The van der Waals surface area contributed by atoms with Gasteiger partial charge in [-0.2, -0.15) is 0 Å². The molecule has 1 aromatic rings. The standard InChI is InChI=1S/C15H22N2/c1-4-6-7-10-14(16-11-5-2)15-13(3)9-8-12-17-15/h1,8-9,12,14,16H,5-7,10-11H2,2-3H3. The second-order valence-corrected chi connectivity index (χ2v) is 4.31. The SMILES string of the molecule is C#CCCCC(NCCC)c1ncccc1C. The number of aryl methyl sites for hydroxylation is 1. The summed E-state index contributed by atoms with van der Waals surface area (Å²) in [6.07, 6.45) is 11.2. The number of nitrogens with zero attached hydrogens (tertiary/aromatic N) is 1. The minimum absolute atomic E-state index is 0.338. The van der Waals surface area contributed by atoms with Gasteiger partial charge in [-0.1, -0.05) is 13.0 Å². The van der Waals surface area contributed by atoms with Crippen LogP contribution in [-0.4, -0.2) is 11.5 Å². The third-order valence-electron chi connectivity index (χ3n) is 2.83. The molecule has 0 amide bonds. The van der Waals surface area contributed by atoms with E-state index in [9.17, 15) is 0 Å². The van der Waals surface area contributed by atoms with Crippen LogP contribution in [0.5, 0.6) is 0 Å². The van der Waals surface area contributed by atoms with Crippen molar-refractivity contribution in [1.29, 1.82) is 0 Å². The van der Waals surface area contributed by atoms with Gasteiger partial charge in [0.1, 0.15) is 0 Å². The summed E-state index contributed by atoms with van der Waals surface area (Å²) < 4.78 is 0. The average Bonchev–Trinajstić information content (AvgIpc) is 2.35. The highest BCUT2D eigenvalue weighted by Crippen LogP contribution is 2.20. The van der Waals surface area contributed by atoms with Gasteiger partial charge in [-0.15, -0.1) is 12.3 Å². The van der Waals surface area contributed by atoms with Crippen LogP contribution in [0.4, 0.5) is 0 Å². The Bertz CT molecular complexity index is 365. The van der Waals surface area contributed by atoms with Crippen molar-refractivity contribution < 1.29 is 0 Å². The Kier molecular flexibility index (Phi) is 6.35. The second-order valence-electron chi connectivity index (χ2n) is 4.31. The molecule has 1 unspecified atom stereocenters. The molecule has 1 aromatic heterocycles. The Morgan fingerprint density at radius 2 is 2.35 bits per heavy atom. The number of terminal acetylenes is 1. The molecule has 92 valence electrons. The molecule has 2 heteroatoms. The third-order valence-corrected chi connectivity index (χ3v) is 2.83. The van der Waals surface area contributed by atoms with Crippen LogP contribution in [0.3, 0.4) is 0 Å². The second kappa shape index (κ2) is 7.86. The maximum Gasteiger partial charge on any atom is 0.0602 e. The molecule has 17 heavy (non-hydrogen) atoms. The van der Waals surface area contributed by atoms with Crippen LogP contribution < -0.4 is 5.32 Å². The van der Waals surface area contributed by atoms with Crippen molar-refractivity contribution >= 4 is 0 Å². The molecule has 0 saturated carbocycles. The molecular weight excluding hydrogens is 208 g/mol. The summed E-state index contributed by atoms with van der Waals surface area (Å²) in [7, 11) is 0. The molecule has 1 atom stereocenters. The number of pyridine rings is 1. The molecule has 1 N–H and O–H groups in total. The Balaban J connectivity index is 2.68. The summed E-state index contributed by atoms with van der Waals surface area (Å²) in [6, 6.07) is 4.44. The molecular formula is C15H22N2. The van der Waals surface area contributed by atoms with Gasteiger partial charge in [0.15, 0.2) is 0 Å². The number of hydrogen-bond acceptors (Lipinski definition) is 2. The molecule has 0 aliphatic rings. The van der Waals surface area contributed by atoms with Gasteiger partial charge in [0.05, 0.1) is 5.69 Å². The summed E-state index contributed by atoms with van der Waals surface area (Å²) in [5.74, 6) is 2.70. The fourth-order valence-corrected chi connectivity index (χ4v) is 1.92. The smallest absolute Gasteiger partial charge is 0.0602 e. The van der Waals surface area contributed by atoms with E-state index in [1.165, 1.54) is 5.56 Å². The molecule has 1 rings (SSSR count). The van der Waals surface area contributed by atoms with Crippen LogP contribution in [-0.2, 0) is 0 Å². The van der Waals surface area contributed by atoms with Crippen molar-refractivity contribution in [1.82, 2.24) is 10.3 Å². The van der Waals surface area contributed by atoms with E-state index < -0.39 is 0 Å². The predicted octanol–water partition coefficient (Wildman–Crippen LogP) is 3.23. The van der Waals surface area contributed by atoms with Crippen LogP contribution in [0.25, 0.3) is 0 Å². The molecule has 0 aliphatic carbocycles. The van der Waals surface area contributed by atoms with Gasteiger partial charge < -0.3 is 5.32 Å². The van der Waals surface area contributed by atoms with Crippen molar-refractivity contribution in [3.8, 4) is 12.3 Å². The van der Waals surface area contributed by atoms with E-state index in [0.717, 1.165) is 37.9 Å². The Morgan fingerprint density at radius 3 is 3.00 bits per heavy atom. The van der Waals surface area contributed by atoms with Gasteiger partial charge in [0.2, 0.25) is 0 Å². The van der Waals surface area contributed by atoms with Gasteiger partial charge in [-0.25, -0.2) is 0 Å². The van der Waals surface area contributed by atoms with Crippen LogP contribution in [0, 0.1) is 19.3 Å². The zero-order chi connectivity index (χ0) is 12.5. The maximum absolute atomic E-state index is 5.30. The van der Waals surface area contributed by atoms with Crippen molar-refractivity contribution in [2.24, 2.45) is 0 Å². The highest BCUT2D eigenvalue weighted by atomic mass is 14.9. The first-order valence-electron chi connectivity index (χ1n) is 6.38. The van der Waals surface area contributed by atoms with Crippen LogP contribution >= 0.6 is 0 Å². The first-order valence-corrected chi connectivity index (χ1v) is 6.38. The lowest BCUT2D eigenvalue weighted by molar-refractivity contribution is 0.475. The minimum Gasteiger partial charge on any atom is -0.309 e. The topological polar surface area (TPSA) is 24.9 Å². The first-order chi connectivity index (χ1) is 8.29. The summed E-state index contributed by atoms with van der Waals surface area (Å²) in [5.41, 5.74) is 2.42. The van der Waals surface area contributed by atoms with E-state index in [4.69, 9.17) is 6.42 Å². The molecule has 0 aliphatic heterocycles. The lowest BCUT2D eigenvalue weighted by atomic mass is 10.0. The van der Waals surface area contributed by atoms with Crippen LogP contribution in [0.2, 0.25) is 0 Å². The highest BCUT2D eigenvalue weighted by Gasteiger charge is 2.13. The van der Waals surface area contributed by atoms with E-state index in [1.54, 1.807) is 0 Å². The fraction of sp³-hybridized carbons (Fsp3) is 0.533. The Labute approximate surface area is 105 Å². The van der Waals surface area contributed by atoms with Crippen LogP contribution in [0.1, 0.15) is 49.9 Å². The molecule has 0 bridgehead atoms. The van der Waals surface area contributed by atoms with E-state index >= 15 is 0 Å². The summed E-state index contributed by atoms with van der Waals surface area (Å²) >= 11 is 0. The van der Waals surface area contributed by atoms with E-state index in [2.05, 4.69) is 36.1 Å². The monoisotopic (exact) mass is 230 g/mol. The quantitative estimate of drug-likeness (QED) is 0.574. The zero-order valence-corrected chi connectivity index (χ0v) is 10.9. The minimum atomic E-state index is 0.338. The van der Waals surface area contributed by atoms with Crippen molar-refractivity contribution in [2.45, 2.75) is 45.6 Å². The van der Waals surface area contributed by atoms with Crippen molar-refractivity contribution in [3.05, 3.63) is 29.6 Å². The van der Waals surface area contributed by atoms with Crippen molar-refractivity contribution in [3.63, 3.8) is 0 Å². The molecule has 0 spiro atoms.